The van der Waals surface area contributed by atoms with E-state index in [0.717, 1.165) is 5.56 Å². The highest BCUT2D eigenvalue weighted by Gasteiger charge is 2.20. The van der Waals surface area contributed by atoms with Crippen LogP contribution in [0.2, 0.25) is 0 Å². The Labute approximate surface area is 151 Å². The molecule has 0 amide bonds. The van der Waals surface area contributed by atoms with E-state index in [1.807, 2.05) is 50.2 Å². The molecule has 2 N–H and O–H groups in total. The second-order valence-electron chi connectivity index (χ2n) is 6.21. The fourth-order valence-electron chi connectivity index (χ4n) is 2.65. The van der Waals surface area contributed by atoms with E-state index in [0.29, 0.717) is 18.1 Å². The zero-order valence-corrected chi connectivity index (χ0v) is 14.6. The summed E-state index contributed by atoms with van der Waals surface area (Å²) in [5.74, 6) is -0.109. The van der Waals surface area contributed by atoms with Gasteiger partial charge in [-0.3, -0.25) is 0 Å². The molecule has 0 aliphatic heterocycles. The van der Waals surface area contributed by atoms with Crippen molar-refractivity contribution in [1.82, 2.24) is 9.78 Å². The predicted molar refractivity (Wildman–Crippen MR) is 97.5 cm³/mol. The third-order valence-corrected chi connectivity index (χ3v) is 4.00. The van der Waals surface area contributed by atoms with Gasteiger partial charge < -0.3 is 10.5 Å². The van der Waals surface area contributed by atoms with Crippen molar-refractivity contribution in [2.45, 2.75) is 26.4 Å². The minimum atomic E-state index is -0.537. The highest BCUT2D eigenvalue weighted by molar-refractivity contribution is 5.58. The molecule has 0 aliphatic carbocycles. The molecule has 0 saturated carbocycles. The highest BCUT2D eigenvalue weighted by atomic mass is 19.1. The Balaban J connectivity index is 1.89. The minimum absolute atomic E-state index is 0.0277. The SMILES string of the molecule is CC(C)c1nn(-c2ccc(OCc3ccccc3)cc2F)c(C#N)c1N. The first-order chi connectivity index (χ1) is 12.5. The Hall–Kier alpha value is -3.33. The predicted octanol–water partition coefficient (Wildman–Crippen LogP) is 4.17. The molecule has 0 bridgehead atoms. The van der Waals surface area contributed by atoms with Gasteiger partial charge in [0, 0.05) is 6.07 Å². The van der Waals surface area contributed by atoms with Crippen LogP contribution >= 0.6 is 0 Å². The number of nitriles is 1. The first-order valence-electron chi connectivity index (χ1n) is 8.26. The molecule has 1 aromatic heterocycles. The Morgan fingerprint density at radius 2 is 1.96 bits per heavy atom. The average molecular weight is 350 g/mol. The molecule has 0 aliphatic rings. The van der Waals surface area contributed by atoms with Crippen molar-refractivity contribution in [3.05, 3.63) is 71.3 Å². The molecule has 132 valence electrons. The molecule has 6 heteroatoms. The summed E-state index contributed by atoms with van der Waals surface area (Å²) in [6, 6.07) is 16.1. The monoisotopic (exact) mass is 350 g/mol. The van der Waals surface area contributed by atoms with Crippen molar-refractivity contribution >= 4 is 5.69 Å². The van der Waals surface area contributed by atoms with Gasteiger partial charge in [0.1, 0.15) is 24.1 Å². The first-order valence-corrected chi connectivity index (χ1v) is 8.26. The number of nitrogens with two attached hydrogens (primary N) is 1. The van der Waals surface area contributed by atoms with E-state index in [-0.39, 0.29) is 23.0 Å². The Bertz CT molecular complexity index is 958. The number of nitrogen functional groups attached to an aromatic ring is 1. The van der Waals surface area contributed by atoms with Gasteiger partial charge in [-0.2, -0.15) is 10.4 Å². The second-order valence-corrected chi connectivity index (χ2v) is 6.21. The van der Waals surface area contributed by atoms with Gasteiger partial charge in [-0.15, -0.1) is 0 Å². The Kier molecular flexibility index (Phi) is 4.90. The Morgan fingerprint density at radius 1 is 1.23 bits per heavy atom. The lowest BCUT2D eigenvalue weighted by molar-refractivity contribution is 0.304. The number of halogens is 1. The van der Waals surface area contributed by atoms with E-state index in [2.05, 4.69) is 5.10 Å². The number of anilines is 1. The number of hydrogen-bond acceptors (Lipinski definition) is 4. The number of aromatic nitrogens is 2. The Morgan fingerprint density at radius 3 is 2.58 bits per heavy atom. The number of rotatable bonds is 5. The molecule has 3 rings (SSSR count). The number of benzene rings is 2. The van der Waals surface area contributed by atoms with Crippen LogP contribution in [-0.2, 0) is 6.61 Å². The normalized spacial score (nSPS) is 10.7. The summed E-state index contributed by atoms with van der Waals surface area (Å²) < 4.78 is 21.5. The zero-order chi connectivity index (χ0) is 18.7. The van der Waals surface area contributed by atoms with Crippen LogP contribution in [0.3, 0.4) is 0 Å². The fraction of sp³-hybridized carbons (Fsp3) is 0.200. The van der Waals surface area contributed by atoms with E-state index in [1.54, 1.807) is 6.07 Å². The van der Waals surface area contributed by atoms with Crippen molar-refractivity contribution in [3.63, 3.8) is 0 Å². The third-order valence-electron chi connectivity index (χ3n) is 4.00. The van der Waals surface area contributed by atoms with Crippen LogP contribution in [0.25, 0.3) is 5.69 Å². The summed E-state index contributed by atoms with van der Waals surface area (Å²) in [7, 11) is 0. The lowest BCUT2D eigenvalue weighted by atomic mass is 10.1. The fourth-order valence-corrected chi connectivity index (χ4v) is 2.65. The van der Waals surface area contributed by atoms with E-state index in [9.17, 15) is 9.65 Å². The van der Waals surface area contributed by atoms with Gasteiger partial charge in [0.05, 0.1) is 11.4 Å². The van der Waals surface area contributed by atoms with Crippen LogP contribution in [0, 0.1) is 17.1 Å². The van der Waals surface area contributed by atoms with Gasteiger partial charge in [-0.25, -0.2) is 9.07 Å². The van der Waals surface area contributed by atoms with Crippen molar-refractivity contribution in [3.8, 4) is 17.5 Å². The maximum atomic E-state index is 14.6. The molecule has 2 aromatic carbocycles. The van der Waals surface area contributed by atoms with Gasteiger partial charge in [-0.05, 0) is 23.6 Å². The zero-order valence-electron chi connectivity index (χ0n) is 14.6. The van der Waals surface area contributed by atoms with E-state index in [1.165, 1.54) is 16.8 Å². The van der Waals surface area contributed by atoms with Gasteiger partial charge in [0.15, 0.2) is 11.5 Å². The maximum Gasteiger partial charge on any atom is 0.167 e. The number of ether oxygens (including phenoxy) is 1. The number of nitrogens with zero attached hydrogens (tertiary/aromatic N) is 3. The van der Waals surface area contributed by atoms with Crippen molar-refractivity contribution in [1.29, 1.82) is 5.26 Å². The highest BCUT2D eigenvalue weighted by Crippen LogP contribution is 2.28. The van der Waals surface area contributed by atoms with Crippen LogP contribution in [0.4, 0.5) is 10.1 Å². The molecule has 5 nitrogen and oxygen atoms in total. The van der Waals surface area contributed by atoms with Crippen LogP contribution in [0.5, 0.6) is 5.75 Å². The lowest BCUT2D eigenvalue weighted by Gasteiger charge is -2.09. The maximum absolute atomic E-state index is 14.6. The quantitative estimate of drug-likeness (QED) is 0.749. The minimum Gasteiger partial charge on any atom is -0.489 e. The van der Waals surface area contributed by atoms with Gasteiger partial charge in [-0.1, -0.05) is 44.2 Å². The molecule has 0 unspecified atom stereocenters. The van der Waals surface area contributed by atoms with Crippen molar-refractivity contribution in [2.24, 2.45) is 0 Å². The van der Waals surface area contributed by atoms with Crippen LogP contribution < -0.4 is 10.5 Å². The number of hydrogen-bond donors (Lipinski definition) is 1. The molecule has 0 atom stereocenters. The van der Waals surface area contributed by atoms with Crippen molar-refractivity contribution in [2.75, 3.05) is 5.73 Å². The molecule has 3 aromatic rings. The van der Waals surface area contributed by atoms with E-state index < -0.39 is 5.82 Å². The summed E-state index contributed by atoms with van der Waals surface area (Å²) in [5.41, 5.74) is 8.13. The lowest BCUT2D eigenvalue weighted by Crippen LogP contribution is -2.04. The van der Waals surface area contributed by atoms with Crippen LogP contribution in [0.1, 0.15) is 36.7 Å². The summed E-state index contributed by atoms with van der Waals surface area (Å²) in [6.45, 7) is 4.18. The second kappa shape index (κ2) is 7.28. The molecule has 26 heavy (non-hydrogen) atoms. The summed E-state index contributed by atoms with van der Waals surface area (Å²) in [5, 5.41) is 13.7. The van der Waals surface area contributed by atoms with Crippen LogP contribution in [0.15, 0.2) is 48.5 Å². The van der Waals surface area contributed by atoms with Gasteiger partial charge >= 0.3 is 0 Å². The standard InChI is InChI=1S/C20H19FN4O/c1-13(2)20-19(23)18(11-22)25(24-20)17-9-8-15(10-16(17)21)26-12-14-6-4-3-5-7-14/h3-10,13H,12,23H2,1-2H3. The van der Waals surface area contributed by atoms with Crippen molar-refractivity contribution < 1.29 is 9.13 Å². The largest absolute Gasteiger partial charge is 0.489 e. The smallest absolute Gasteiger partial charge is 0.167 e. The van der Waals surface area contributed by atoms with Gasteiger partial charge in [0.25, 0.3) is 0 Å². The molecule has 1 heterocycles. The van der Waals surface area contributed by atoms with E-state index in [4.69, 9.17) is 10.5 Å². The summed E-state index contributed by atoms with van der Waals surface area (Å²) in [6.07, 6.45) is 0. The molecular formula is C20H19FN4O. The molecule has 0 saturated heterocycles. The van der Waals surface area contributed by atoms with Crippen LogP contribution in [-0.4, -0.2) is 9.78 Å². The van der Waals surface area contributed by atoms with Gasteiger partial charge in [0.2, 0.25) is 0 Å². The molecule has 0 fully saturated rings. The molecular weight excluding hydrogens is 331 g/mol. The molecule has 0 radical (unpaired) electrons. The summed E-state index contributed by atoms with van der Waals surface area (Å²) in [4.78, 5) is 0. The topological polar surface area (TPSA) is 76.9 Å². The third kappa shape index (κ3) is 3.38. The average Bonchev–Trinajstić information content (AvgIpc) is 2.97. The summed E-state index contributed by atoms with van der Waals surface area (Å²) >= 11 is 0. The molecule has 0 spiro atoms. The first kappa shape index (κ1) is 17.5. The van der Waals surface area contributed by atoms with E-state index >= 15 is 0 Å².